The van der Waals surface area contributed by atoms with Crippen molar-refractivity contribution in [2.24, 2.45) is 0 Å². The third kappa shape index (κ3) is 4.24. The molecule has 0 aromatic heterocycles. The molecule has 0 saturated carbocycles. The largest absolute Gasteiger partial charge is 0.496 e. The molecule has 104 valence electrons. The van der Waals surface area contributed by atoms with Crippen LogP contribution in [0.5, 0.6) is 5.75 Å². The normalized spacial score (nSPS) is 9.89. The lowest BCUT2D eigenvalue weighted by molar-refractivity contribution is -0.146. The van der Waals surface area contributed by atoms with Crippen molar-refractivity contribution >= 4 is 11.9 Å². The smallest absolute Gasteiger partial charge is 0.315 e. The number of rotatable bonds is 5. The molecule has 1 rings (SSSR count). The Morgan fingerprint density at radius 2 is 2.00 bits per heavy atom. The molecular weight excluding hydrogens is 253 g/mol. The number of carbonyl (C=O) groups is 2. The Morgan fingerprint density at radius 1 is 1.32 bits per heavy atom. The number of nitrogens with zero attached hydrogens (tertiary/aromatic N) is 1. The average Bonchev–Trinajstić information content (AvgIpc) is 2.38. The fraction of sp³-hybridized carbons (Fsp3) is 0.385. The number of methoxy groups -OCH3 is 2. The van der Waals surface area contributed by atoms with Crippen LogP contribution >= 0.6 is 0 Å². The summed E-state index contributed by atoms with van der Waals surface area (Å²) in [6.07, 6.45) is -0.343. The maximum Gasteiger partial charge on any atom is 0.315 e. The van der Waals surface area contributed by atoms with Crippen molar-refractivity contribution in [1.82, 2.24) is 4.90 Å². The summed E-state index contributed by atoms with van der Waals surface area (Å²) < 4.78 is 22.7. The standard InChI is InChI=1S/C13H16FNO4/c1-15(12(16)7-13(17)19-3)8-9-6-10(14)4-5-11(9)18-2/h4-6H,7-8H2,1-3H3. The van der Waals surface area contributed by atoms with Crippen molar-refractivity contribution < 1.29 is 23.5 Å². The fourth-order valence-corrected chi connectivity index (χ4v) is 1.55. The zero-order chi connectivity index (χ0) is 14.4. The Kier molecular flexibility index (Phi) is 5.29. The van der Waals surface area contributed by atoms with Gasteiger partial charge in [-0.25, -0.2) is 4.39 Å². The van der Waals surface area contributed by atoms with Crippen molar-refractivity contribution in [3.05, 3.63) is 29.6 Å². The molecule has 0 saturated heterocycles. The number of hydrogen-bond donors (Lipinski definition) is 0. The van der Waals surface area contributed by atoms with E-state index in [0.717, 1.165) is 0 Å². The minimum absolute atomic E-state index is 0.150. The minimum Gasteiger partial charge on any atom is -0.496 e. The first-order valence-electron chi connectivity index (χ1n) is 5.61. The summed E-state index contributed by atoms with van der Waals surface area (Å²) in [5.74, 6) is -0.940. The summed E-state index contributed by atoms with van der Waals surface area (Å²) in [5.41, 5.74) is 0.531. The van der Waals surface area contributed by atoms with Gasteiger partial charge < -0.3 is 14.4 Å². The molecule has 0 heterocycles. The van der Waals surface area contributed by atoms with Crippen LogP contribution in [0.25, 0.3) is 0 Å². The van der Waals surface area contributed by atoms with Crippen LogP contribution in [0, 0.1) is 5.82 Å². The van der Waals surface area contributed by atoms with Crippen molar-refractivity contribution in [2.45, 2.75) is 13.0 Å². The Morgan fingerprint density at radius 3 is 2.58 bits per heavy atom. The van der Waals surface area contributed by atoms with E-state index in [1.807, 2.05) is 0 Å². The molecule has 0 fully saturated rings. The van der Waals surface area contributed by atoms with Gasteiger partial charge in [0.25, 0.3) is 0 Å². The number of halogens is 1. The number of hydrogen-bond acceptors (Lipinski definition) is 4. The lowest BCUT2D eigenvalue weighted by Gasteiger charge is -2.18. The van der Waals surface area contributed by atoms with Gasteiger partial charge in [0.05, 0.1) is 14.2 Å². The molecule has 0 unspecified atom stereocenters. The highest BCUT2D eigenvalue weighted by Gasteiger charge is 2.16. The number of benzene rings is 1. The van der Waals surface area contributed by atoms with Crippen LogP contribution in [0.4, 0.5) is 4.39 Å². The average molecular weight is 269 g/mol. The van der Waals surface area contributed by atoms with Gasteiger partial charge in [0, 0.05) is 19.2 Å². The van der Waals surface area contributed by atoms with Crippen LogP contribution in [0.3, 0.4) is 0 Å². The maximum absolute atomic E-state index is 13.2. The van der Waals surface area contributed by atoms with E-state index in [2.05, 4.69) is 4.74 Å². The van der Waals surface area contributed by atoms with Gasteiger partial charge >= 0.3 is 5.97 Å². The van der Waals surface area contributed by atoms with E-state index in [1.165, 1.54) is 44.4 Å². The molecular formula is C13H16FNO4. The molecule has 0 bridgehead atoms. The molecule has 6 heteroatoms. The minimum atomic E-state index is -0.608. The lowest BCUT2D eigenvalue weighted by atomic mass is 10.2. The molecule has 1 aromatic carbocycles. The summed E-state index contributed by atoms with van der Waals surface area (Å²) in [7, 11) is 4.20. The zero-order valence-electron chi connectivity index (χ0n) is 11.1. The van der Waals surface area contributed by atoms with Gasteiger partial charge in [0.1, 0.15) is 18.0 Å². The van der Waals surface area contributed by atoms with E-state index in [9.17, 15) is 14.0 Å². The van der Waals surface area contributed by atoms with Crippen LogP contribution in [0.1, 0.15) is 12.0 Å². The molecule has 1 aromatic rings. The molecule has 0 spiro atoms. The molecule has 0 radical (unpaired) electrons. The quantitative estimate of drug-likeness (QED) is 0.598. The van der Waals surface area contributed by atoms with Gasteiger partial charge in [-0.1, -0.05) is 0 Å². The van der Waals surface area contributed by atoms with Crippen LogP contribution in [0.15, 0.2) is 18.2 Å². The Bertz CT molecular complexity index is 476. The Labute approximate surface area is 110 Å². The molecule has 0 N–H and O–H groups in total. The fourth-order valence-electron chi connectivity index (χ4n) is 1.55. The van der Waals surface area contributed by atoms with Crippen molar-refractivity contribution in [3.63, 3.8) is 0 Å². The van der Waals surface area contributed by atoms with Crippen molar-refractivity contribution in [1.29, 1.82) is 0 Å². The number of esters is 1. The van der Waals surface area contributed by atoms with E-state index >= 15 is 0 Å². The van der Waals surface area contributed by atoms with Crippen molar-refractivity contribution in [3.8, 4) is 5.75 Å². The summed E-state index contributed by atoms with van der Waals surface area (Å²) in [5, 5.41) is 0. The first kappa shape index (κ1) is 14.9. The van der Waals surface area contributed by atoms with Gasteiger partial charge in [0.2, 0.25) is 5.91 Å². The highest BCUT2D eigenvalue weighted by molar-refractivity contribution is 5.94. The van der Waals surface area contributed by atoms with Crippen LogP contribution in [-0.4, -0.2) is 38.0 Å². The molecule has 19 heavy (non-hydrogen) atoms. The predicted molar refractivity (Wildman–Crippen MR) is 66.1 cm³/mol. The molecule has 0 atom stereocenters. The molecule has 5 nitrogen and oxygen atoms in total. The van der Waals surface area contributed by atoms with Gasteiger partial charge in [-0.2, -0.15) is 0 Å². The Balaban J connectivity index is 2.76. The first-order chi connectivity index (χ1) is 8.97. The Hall–Kier alpha value is -2.11. The highest BCUT2D eigenvalue weighted by atomic mass is 19.1. The van der Waals surface area contributed by atoms with Crippen molar-refractivity contribution in [2.75, 3.05) is 21.3 Å². The topological polar surface area (TPSA) is 55.8 Å². The van der Waals surface area contributed by atoms with E-state index in [0.29, 0.717) is 11.3 Å². The molecule has 0 aliphatic rings. The van der Waals surface area contributed by atoms with E-state index in [-0.39, 0.29) is 13.0 Å². The molecule has 0 aliphatic heterocycles. The van der Waals surface area contributed by atoms with Crippen LogP contribution in [-0.2, 0) is 20.9 Å². The lowest BCUT2D eigenvalue weighted by Crippen LogP contribution is -2.28. The third-order valence-electron chi connectivity index (χ3n) is 2.60. The van der Waals surface area contributed by atoms with E-state index in [1.54, 1.807) is 0 Å². The maximum atomic E-state index is 13.2. The van der Waals surface area contributed by atoms with Crippen LogP contribution in [0.2, 0.25) is 0 Å². The second kappa shape index (κ2) is 6.72. The summed E-state index contributed by atoms with van der Waals surface area (Å²) in [6, 6.07) is 4.06. The van der Waals surface area contributed by atoms with E-state index in [4.69, 9.17) is 4.74 Å². The zero-order valence-corrected chi connectivity index (χ0v) is 11.1. The van der Waals surface area contributed by atoms with Crippen LogP contribution < -0.4 is 4.74 Å². The summed E-state index contributed by atoms with van der Waals surface area (Å²) in [4.78, 5) is 24.0. The number of ether oxygens (including phenoxy) is 2. The number of carbonyl (C=O) groups excluding carboxylic acids is 2. The summed E-state index contributed by atoms with van der Waals surface area (Å²) in [6.45, 7) is 0.150. The predicted octanol–water partition coefficient (Wildman–Crippen LogP) is 1.36. The first-order valence-corrected chi connectivity index (χ1v) is 5.61. The molecule has 0 aliphatic carbocycles. The number of amides is 1. The van der Waals surface area contributed by atoms with E-state index < -0.39 is 17.7 Å². The second-order valence-corrected chi connectivity index (χ2v) is 3.96. The van der Waals surface area contributed by atoms with Gasteiger partial charge in [0.15, 0.2) is 0 Å². The monoisotopic (exact) mass is 269 g/mol. The third-order valence-corrected chi connectivity index (χ3v) is 2.60. The second-order valence-electron chi connectivity index (χ2n) is 3.96. The molecule has 1 amide bonds. The van der Waals surface area contributed by atoms with Gasteiger partial charge in [-0.05, 0) is 18.2 Å². The SMILES string of the molecule is COC(=O)CC(=O)N(C)Cc1cc(F)ccc1OC. The van der Waals surface area contributed by atoms with Gasteiger partial charge in [-0.3, -0.25) is 9.59 Å². The summed E-state index contributed by atoms with van der Waals surface area (Å²) >= 11 is 0. The highest BCUT2D eigenvalue weighted by Crippen LogP contribution is 2.20. The van der Waals surface area contributed by atoms with Gasteiger partial charge in [-0.15, -0.1) is 0 Å².